The third kappa shape index (κ3) is 2.13. The number of halogens is 1. The predicted octanol–water partition coefficient (Wildman–Crippen LogP) is 2.90. The van der Waals surface area contributed by atoms with E-state index in [9.17, 15) is 14.5 Å². The molecule has 0 saturated carbocycles. The van der Waals surface area contributed by atoms with Crippen LogP contribution in [0.15, 0.2) is 24.4 Å². The molecular formula is C12H13FN2O2. The minimum atomic E-state index is -1.02. The van der Waals surface area contributed by atoms with Crippen LogP contribution in [0.1, 0.15) is 19.4 Å². The Kier molecular flexibility index (Phi) is 2.61. The summed E-state index contributed by atoms with van der Waals surface area (Å²) >= 11 is 0. The lowest BCUT2D eigenvalue weighted by molar-refractivity contribution is -0.560. The van der Waals surface area contributed by atoms with Gasteiger partial charge in [-0.05, 0) is 23.8 Å². The number of nitrogens with one attached hydrogen (secondary N) is 1. The topological polar surface area (TPSA) is 58.9 Å². The molecule has 0 radical (unpaired) electrons. The van der Waals surface area contributed by atoms with Crippen LogP contribution in [0.3, 0.4) is 0 Å². The zero-order valence-corrected chi connectivity index (χ0v) is 9.66. The van der Waals surface area contributed by atoms with Gasteiger partial charge in [-0.15, -0.1) is 0 Å². The van der Waals surface area contributed by atoms with Gasteiger partial charge in [0.2, 0.25) is 5.54 Å². The molecule has 90 valence electrons. The number of nitro groups is 1. The van der Waals surface area contributed by atoms with E-state index in [0.717, 1.165) is 10.9 Å². The molecule has 0 saturated heterocycles. The summed E-state index contributed by atoms with van der Waals surface area (Å²) in [7, 11) is 0. The van der Waals surface area contributed by atoms with Gasteiger partial charge < -0.3 is 4.98 Å². The van der Waals surface area contributed by atoms with Gasteiger partial charge in [0.1, 0.15) is 5.82 Å². The highest BCUT2D eigenvalue weighted by atomic mass is 19.1. The monoisotopic (exact) mass is 236 g/mol. The lowest BCUT2D eigenvalue weighted by Gasteiger charge is -2.14. The Morgan fingerprint density at radius 1 is 1.47 bits per heavy atom. The maximum atomic E-state index is 13.0. The summed E-state index contributed by atoms with van der Waals surface area (Å²) in [5.74, 6) is -0.320. The number of aromatic nitrogens is 1. The molecule has 4 nitrogen and oxygen atoms in total. The number of rotatable bonds is 3. The molecule has 5 heteroatoms. The Morgan fingerprint density at radius 3 is 2.82 bits per heavy atom. The average Bonchev–Trinajstić information content (AvgIpc) is 2.60. The summed E-state index contributed by atoms with van der Waals surface area (Å²) in [5.41, 5.74) is 0.476. The maximum absolute atomic E-state index is 13.0. The van der Waals surface area contributed by atoms with Gasteiger partial charge in [-0.2, -0.15) is 0 Å². The van der Waals surface area contributed by atoms with Gasteiger partial charge in [-0.25, -0.2) is 4.39 Å². The fraction of sp³-hybridized carbons (Fsp3) is 0.333. The molecule has 0 amide bonds. The smallest absolute Gasteiger partial charge is 0.220 e. The first-order valence-corrected chi connectivity index (χ1v) is 5.30. The molecular weight excluding hydrogens is 223 g/mol. The molecule has 0 spiro atoms. The van der Waals surface area contributed by atoms with Crippen molar-refractivity contribution in [3.05, 3.63) is 45.9 Å². The van der Waals surface area contributed by atoms with E-state index < -0.39 is 5.54 Å². The Labute approximate surface area is 97.6 Å². The number of hydrogen-bond donors (Lipinski definition) is 1. The highest BCUT2D eigenvalue weighted by molar-refractivity contribution is 5.83. The standard InChI is InChI=1S/C12H13FN2O2/c1-12(2,15(16)17)6-8-7-14-11-5-9(13)3-4-10(8)11/h3-5,7,14H,6H2,1-2H3. The number of nitrogens with zero attached hydrogens (tertiary/aromatic N) is 1. The minimum Gasteiger partial charge on any atom is -0.361 e. The summed E-state index contributed by atoms with van der Waals surface area (Å²) < 4.78 is 13.0. The van der Waals surface area contributed by atoms with Gasteiger partial charge in [-0.1, -0.05) is 0 Å². The summed E-state index contributed by atoms with van der Waals surface area (Å²) in [5, 5.41) is 11.7. The molecule has 2 aromatic rings. The molecule has 0 atom stereocenters. The number of benzene rings is 1. The molecule has 0 aliphatic rings. The average molecular weight is 236 g/mol. The van der Waals surface area contributed by atoms with Crippen molar-refractivity contribution in [2.45, 2.75) is 25.8 Å². The van der Waals surface area contributed by atoms with E-state index in [2.05, 4.69) is 4.98 Å². The minimum absolute atomic E-state index is 0.296. The van der Waals surface area contributed by atoms with Crippen LogP contribution in [0.2, 0.25) is 0 Å². The number of fused-ring (bicyclic) bond motifs is 1. The van der Waals surface area contributed by atoms with Crippen LogP contribution in [-0.4, -0.2) is 15.4 Å². The second-order valence-corrected chi connectivity index (χ2v) is 4.75. The Hall–Kier alpha value is -1.91. The first-order valence-electron chi connectivity index (χ1n) is 5.30. The second-order valence-electron chi connectivity index (χ2n) is 4.75. The first kappa shape index (κ1) is 11.6. The van der Waals surface area contributed by atoms with Crippen molar-refractivity contribution in [1.82, 2.24) is 4.98 Å². The SMILES string of the molecule is CC(C)(Cc1c[nH]c2cc(F)ccc12)[N+](=O)[O-]. The molecule has 0 aliphatic carbocycles. The summed E-state index contributed by atoms with van der Waals surface area (Å²) in [6.45, 7) is 3.16. The Morgan fingerprint density at radius 2 is 2.18 bits per heavy atom. The molecule has 17 heavy (non-hydrogen) atoms. The van der Waals surface area contributed by atoms with E-state index in [4.69, 9.17) is 0 Å². The molecule has 0 bridgehead atoms. The second kappa shape index (κ2) is 3.84. The van der Waals surface area contributed by atoms with Crippen molar-refractivity contribution in [1.29, 1.82) is 0 Å². The van der Waals surface area contributed by atoms with Crippen molar-refractivity contribution in [3.63, 3.8) is 0 Å². The van der Waals surface area contributed by atoms with Crippen molar-refractivity contribution < 1.29 is 9.31 Å². The lowest BCUT2D eigenvalue weighted by Crippen LogP contribution is -2.33. The number of hydrogen-bond acceptors (Lipinski definition) is 2. The molecule has 1 heterocycles. The number of H-pyrrole nitrogens is 1. The summed E-state index contributed by atoms with van der Waals surface area (Å²) in [6, 6.07) is 4.39. The van der Waals surface area contributed by atoms with Crippen LogP contribution >= 0.6 is 0 Å². The molecule has 1 N–H and O–H groups in total. The third-order valence-corrected chi connectivity index (χ3v) is 2.85. The van der Waals surface area contributed by atoms with Crippen molar-refractivity contribution in [2.24, 2.45) is 0 Å². The largest absolute Gasteiger partial charge is 0.361 e. The van der Waals surface area contributed by atoms with Gasteiger partial charge in [0.15, 0.2) is 0 Å². The van der Waals surface area contributed by atoms with Crippen molar-refractivity contribution in [3.8, 4) is 0 Å². The molecule has 1 aromatic heterocycles. The van der Waals surface area contributed by atoms with Crippen LogP contribution in [0.5, 0.6) is 0 Å². The molecule has 1 aromatic carbocycles. The zero-order valence-electron chi connectivity index (χ0n) is 9.66. The van der Waals surface area contributed by atoms with Crippen LogP contribution in [-0.2, 0) is 6.42 Å². The van der Waals surface area contributed by atoms with Crippen molar-refractivity contribution >= 4 is 10.9 Å². The zero-order chi connectivity index (χ0) is 12.6. The normalized spacial score (nSPS) is 11.9. The van der Waals surface area contributed by atoms with Gasteiger partial charge >= 0.3 is 0 Å². The van der Waals surface area contributed by atoms with Gasteiger partial charge in [0.25, 0.3) is 0 Å². The highest BCUT2D eigenvalue weighted by Crippen LogP contribution is 2.24. The predicted molar refractivity (Wildman–Crippen MR) is 63.0 cm³/mol. The quantitative estimate of drug-likeness (QED) is 0.658. The third-order valence-electron chi connectivity index (χ3n) is 2.85. The van der Waals surface area contributed by atoms with Crippen LogP contribution in [0.25, 0.3) is 10.9 Å². The fourth-order valence-corrected chi connectivity index (χ4v) is 1.84. The Bertz CT molecular complexity index is 575. The van der Waals surface area contributed by atoms with E-state index >= 15 is 0 Å². The number of aromatic amines is 1. The molecule has 0 aliphatic heterocycles. The van der Waals surface area contributed by atoms with E-state index in [1.807, 2.05) is 0 Å². The van der Waals surface area contributed by atoms with Gasteiger partial charge in [0, 0.05) is 42.3 Å². The van der Waals surface area contributed by atoms with Crippen LogP contribution in [0.4, 0.5) is 4.39 Å². The molecule has 0 unspecified atom stereocenters. The highest BCUT2D eigenvalue weighted by Gasteiger charge is 2.31. The Balaban J connectivity index is 2.41. The lowest BCUT2D eigenvalue weighted by atomic mass is 9.95. The molecule has 0 fully saturated rings. The van der Waals surface area contributed by atoms with Crippen LogP contribution in [0, 0.1) is 15.9 Å². The van der Waals surface area contributed by atoms with Crippen LogP contribution < -0.4 is 0 Å². The summed E-state index contributed by atoms with van der Waals surface area (Å²) in [6.07, 6.45) is 2.01. The van der Waals surface area contributed by atoms with Gasteiger partial charge in [-0.3, -0.25) is 10.1 Å². The van der Waals surface area contributed by atoms with Crippen molar-refractivity contribution in [2.75, 3.05) is 0 Å². The van der Waals surface area contributed by atoms with E-state index in [0.29, 0.717) is 11.9 Å². The molecule has 2 rings (SSSR count). The summed E-state index contributed by atoms with van der Waals surface area (Å²) in [4.78, 5) is 13.5. The van der Waals surface area contributed by atoms with E-state index in [1.54, 1.807) is 26.1 Å². The van der Waals surface area contributed by atoms with Gasteiger partial charge in [0.05, 0.1) is 0 Å². The van der Waals surface area contributed by atoms with E-state index in [-0.39, 0.29) is 10.7 Å². The first-order chi connectivity index (χ1) is 7.90. The fourth-order valence-electron chi connectivity index (χ4n) is 1.84. The maximum Gasteiger partial charge on any atom is 0.220 e. The van der Waals surface area contributed by atoms with E-state index in [1.165, 1.54) is 12.1 Å².